The molecule has 0 N–H and O–H groups in total. The Labute approximate surface area is 79.8 Å². The highest BCUT2D eigenvalue weighted by molar-refractivity contribution is 6.18. The molecule has 0 aliphatic carbocycles. The van der Waals surface area contributed by atoms with Gasteiger partial charge in [-0.15, -0.1) is 11.6 Å². The summed E-state index contributed by atoms with van der Waals surface area (Å²) in [6.07, 6.45) is 2.84. The minimum Gasteiger partial charge on any atom is -0.378 e. The van der Waals surface area contributed by atoms with Crippen molar-refractivity contribution in [1.29, 1.82) is 0 Å². The number of ether oxygens (including phenoxy) is 1. The van der Waals surface area contributed by atoms with E-state index in [1.165, 1.54) is 12.8 Å². The first-order chi connectivity index (χ1) is 5.86. The molecule has 0 unspecified atom stereocenters. The van der Waals surface area contributed by atoms with Gasteiger partial charge >= 0.3 is 0 Å². The van der Waals surface area contributed by atoms with E-state index in [0.29, 0.717) is 6.10 Å². The predicted octanol–water partition coefficient (Wildman–Crippen LogP) is 1.73. The molecule has 0 aromatic rings. The molecule has 0 amide bonds. The van der Waals surface area contributed by atoms with E-state index in [2.05, 4.69) is 11.8 Å². The van der Waals surface area contributed by atoms with E-state index in [9.17, 15) is 0 Å². The summed E-state index contributed by atoms with van der Waals surface area (Å²) in [5, 5.41) is 0. The fraction of sp³-hybridized carbons (Fsp3) is 1.00. The number of halogens is 1. The van der Waals surface area contributed by atoms with E-state index >= 15 is 0 Å². The molecule has 0 bridgehead atoms. The van der Waals surface area contributed by atoms with Gasteiger partial charge in [-0.3, -0.25) is 0 Å². The molecule has 0 aromatic heterocycles. The maximum atomic E-state index is 5.66. The van der Waals surface area contributed by atoms with Gasteiger partial charge in [0.25, 0.3) is 0 Å². The van der Waals surface area contributed by atoms with Crippen LogP contribution < -0.4 is 0 Å². The highest BCUT2D eigenvalue weighted by atomic mass is 35.5. The lowest BCUT2D eigenvalue weighted by Crippen LogP contribution is -2.38. The zero-order valence-corrected chi connectivity index (χ0v) is 8.52. The van der Waals surface area contributed by atoms with E-state index < -0.39 is 0 Å². The van der Waals surface area contributed by atoms with Crippen LogP contribution in [-0.2, 0) is 4.74 Å². The molecule has 1 aliphatic heterocycles. The van der Waals surface area contributed by atoms with E-state index in [1.54, 1.807) is 0 Å². The van der Waals surface area contributed by atoms with Crippen molar-refractivity contribution in [3.05, 3.63) is 0 Å². The van der Waals surface area contributed by atoms with Gasteiger partial charge in [-0.1, -0.05) is 0 Å². The standard InChI is InChI=1S/C9H18ClNO/c1-2-12-9-3-6-11(7-4-9)8-5-10/h9H,2-8H2,1H3. The smallest absolute Gasteiger partial charge is 0.0599 e. The Kier molecular flexibility index (Phi) is 4.96. The Hall–Kier alpha value is 0.210. The Morgan fingerprint density at radius 3 is 2.58 bits per heavy atom. The number of piperidine rings is 1. The normalized spacial score (nSPS) is 21.5. The topological polar surface area (TPSA) is 12.5 Å². The molecule has 1 saturated heterocycles. The first kappa shape index (κ1) is 10.3. The maximum Gasteiger partial charge on any atom is 0.0599 e. The second-order valence-electron chi connectivity index (χ2n) is 3.19. The summed E-state index contributed by atoms with van der Waals surface area (Å²) < 4.78 is 5.55. The van der Waals surface area contributed by atoms with Crippen molar-refractivity contribution in [2.75, 3.05) is 32.1 Å². The van der Waals surface area contributed by atoms with Gasteiger partial charge in [0.2, 0.25) is 0 Å². The molecule has 0 spiro atoms. The number of hydrogen-bond acceptors (Lipinski definition) is 2. The molecule has 1 aliphatic rings. The zero-order valence-electron chi connectivity index (χ0n) is 7.76. The van der Waals surface area contributed by atoms with Crippen LogP contribution in [0.5, 0.6) is 0 Å². The van der Waals surface area contributed by atoms with Crippen LogP contribution in [0, 0.1) is 0 Å². The number of alkyl halides is 1. The first-order valence-corrected chi connectivity index (χ1v) is 5.30. The quantitative estimate of drug-likeness (QED) is 0.628. The minimum atomic E-state index is 0.501. The highest BCUT2D eigenvalue weighted by Gasteiger charge is 2.18. The molecule has 1 rings (SSSR count). The summed E-state index contributed by atoms with van der Waals surface area (Å²) >= 11 is 5.66. The average Bonchev–Trinajstić information content (AvgIpc) is 2.09. The molecular formula is C9H18ClNO. The summed E-state index contributed by atoms with van der Waals surface area (Å²) in [7, 11) is 0. The van der Waals surface area contributed by atoms with Crippen molar-refractivity contribution in [3.63, 3.8) is 0 Å². The van der Waals surface area contributed by atoms with E-state index in [4.69, 9.17) is 16.3 Å². The Balaban J connectivity index is 2.11. The minimum absolute atomic E-state index is 0.501. The molecule has 0 atom stereocenters. The molecule has 12 heavy (non-hydrogen) atoms. The maximum absolute atomic E-state index is 5.66. The number of likely N-dealkylation sites (tertiary alicyclic amines) is 1. The van der Waals surface area contributed by atoms with Gasteiger partial charge in [-0.25, -0.2) is 0 Å². The molecule has 2 nitrogen and oxygen atoms in total. The van der Waals surface area contributed by atoms with Crippen molar-refractivity contribution < 1.29 is 4.74 Å². The Morgan fingerprint density at radius 2 is 2.08 bits per heavy atom. The zero-order chi connectivity index (χ0) is 8.81. The number of rotatable bonds is 4. The third-order valence-electron chi connectivity index (χ3n) is 2.34. The third-order valence-corrected chi connectivity index (χ3v) is 2.51. The fourth-order valence-corrected chi connectivity index (χ4v) is 1.89. The lowest BCUT2D eigenvalue weighted by molar-refractivity contribution is 0.0156. The SMILES string of the molecule is CCOC1CCN(CCCl)CC1. The van der Waals surface area contributed by atoms with Gasteiger partial charge in [0.15, 0.2) is 0 Å². The van der Waals surface area contributed by atoms with Gasteiger partial charge in [-0.2, -0.15) is 0 Å². The molecule has 3 heteroatoms. The van der Waals surface area contributed by atoms with Gasteiger partial charge in [0, 0.05) is 32.1 Å². The Morgan fingerprint density at radius 1 is 1.42 bits per heavy atom. The van der Waals surface area contributed by atoms with Gasteiger partial charge in [-0.05, 0) is 19.8 Å². The second kappa shape index (κ2) is 5.79. The van der Waals surface area contributed by atoms with Crippen LogP contribution in [0.4, 0.5) is 0 Å². The molecule has 0 aromatic carbocycles. The highest BCUT2D eigenvalue weighted by Crippen LogP contribution is 2.12. The van der Waals surface area contributed by atoms with Crippen molar-refractivity contribution in [2.45, 2.75) is 25.9 Å². The lowest BCUT2D eigenvalue weighted by Gasteiger charge is -2.31. The van der Waals surface area contributed by atoms with Crippen LogP contribution in [-0.4, -0.2) is 43.1 Å². The molecule has 0 radical (unpaired) electrons. The summed E-state index contributed by atoms with van der Waals surface area (Å²) in [5.74, 6) is 0.749. The molecule has 72 valence electrons. The van der Waals surface area contributed by atoms with Gasteiger partial charge in [0.05, 0.1) is 6.10 Å². The van der Waals surface area contributed by atoms with E-state index in [0.717, 1.165) is 32.1 Å². The predicted molar refractivity (Wildman–Crippen MR) is 51.8 cm³/mol. The van der Waals surface area contributed by atoms with Crippen LogP contribution in [0.15, 0.2) is 0 Å². The van der Waals surface area contributed by atoms with Crippen LogP contribution in [0.2, 0.25) is 0 Å². The Bertz CT molecular complexity index is 99.1. The molecule has 1 fully saturated rings. The van der Waals surface area contributed by atoms with Crippen molar-refractivity contribution in [2.24, 2.45) is 0 Å². The summed E-state index contributed by atoms with van der Waals surface area (Å²) in [4.78, 5) is 2.41. The first-order valence-electron chi connectivity index (χ1n) is 4.76. The van der Waals surface area contributed by atoms with Crippen molar-refractivity contribution in [3.8, 4) is 0 Å². The van der Waals surface area contributed by atoms with Crippen LogP contribution in [0.25, 0.3) is 0 Å². The fourth-order valence-electron chi connectivity index (χ4n) is 1.65. The monoisotopic (exact) mass is 191 g/mol. The number of hydrogen-bond donors (Lipinski definition) is 0. The largest absolute Gasteiger partial charge is 0.378 e. The van der Waals surface area contributed by atoms with Crippen LogP contribution in [0.1, 0.15) is 19.8 Å². The van der Waals surface area contributed by atoms with E-state index in [1.807, 2.05) is 0 Å². The molecular weight excluding hydrogens is 174 g/mol. The second-order valence-corrected chi connectivity index (χ2v) is 3.56. The van der Waals surface area contributed by atoms with Gasteiger partial charge < -0.3 is 9.64 Å². The van der Waals surface area contributed by atoms with Crippen molar-refractivity contribution >= 4 is 11.6 Å². The summed E-state index contributed by atoms with van der Waals surface area (Å²) in [6, 6.07) is 0. The third kappa shape index (κ3) is 3.30. The van der Waals surface area contributed by atoms with Crippen LogP contribution in [0.3, 0.4) is 0 Å². The molecule has 0 saturated carbocycles. The van der Waals surface area contributed by atoms with Gasteiger partial charge in [0.1, 0.15) is 0 Å². The lowest BCUT2D eigenvalue weighted by atomic mass is 10.1. The van der Waals surface area contributed by atoms with Crippen LogP contribution >= 0.6 is 11.6 Å². The molecule has 1 heterocycles. The van der Waals surface area contributed by atoms with E-state index in [-0.39, 0.29) is 0 Å². The number of nitrogens with zero attached hydrogens (tertiary/aromatic N) is 1. The summed E-state index contributed by atoms with van der Waals surface area (Å²) in [6.45, 7) is 6.24. The summed E-state index contributed by atoms with van der Waals surface area (Å²) in [5.41, 5.74) is 0. The van der Waals surface area contributed by atoms with Crippen molar-refractivity contribution in [1.82, 2.24) is 4.90 Å². The average molecular weight is 192 g/mol.